The summed E-state index contributed by atoms with van der Waals surface area (Å²) in [6, 6.07) is 8.11. The van der Waals surface area contributed by atoms with Gasteiger partial charge >= 0.3 is 6.09 Å². The topological polar surface area (TPSA) is 82.3 Å². The Morgan fingerprint density at radius 3 is 2.42 bits per heavy atom. The minimum absolute atomic E-state index is 0.245. The van der Waals surface area contributed by atoms with Gasteiger partial charge in [-0.25, -0.2) is 4.79 Å². The molecule has 1 amide bonds. The van der Waals surface area contributed by atoms with E-state index in [2.05, 4.69) is 5.32 Å². The highest BCUT2D eigenvalue weighted by Gasteiger charge is 2.20. The highest BCUT2D eigenvalue weighted by atomic mass is 16.6. The van der Waals surface area contributed by atoms with E-state index in [4.69, 9.17) is 10.00 Å². The van der Waals surface area contributed by atoms with E-state index in [0.29, 0.717) is 11.1 Å². The van der Waals surface area contributed by atoms with Crippen LogP contribution >= 0.6 is 0 Å². The van der Waals surface area contributed by atoms with Crippen LogP contribution in [0.25, 0.3) is 0 Å². The molecule has 0 saturated heterocycles. The standard InChI is InChI=1S/C14H18N2O3/c1-14(2,3)19-13(18)16-12(9-17)11-6-4-10(8-15)5-7-11/h4-7,12,17H,9H2,1-3H3,(H,16,18). The van der Waals surface area contributed by atoms with Gasteiger partial charge in [-0.3, -0.25) is 0 Å². The van der Waals surface area contributed by atoms with Gasteiger partial charge in [0.05, 0.1) is 24.3 Å². The molecule has 5 heteroatoms. The van der Waals surface area contributed by atoms with Crippen molar-refractivity contribution in [1.29, 1.82) is 5.26 Å². The van der Waals surface area contributed by atoms with Crippen molar-refractivity contribution >= 4 is 6.09 Å². The van der Waals surface area contributed by atoms with Gasteiger partial charge in [-0.1, -0.05) is 12.1 Å². The van der Waals surface area contributed by atoms with Gasteiger partial charge in [0, 0.05) is 0 Å². The second-order valence-corrected chi connectivity index (χ2v) is 5.12. The number of hydrogen-bond acceptors (Lipinski definition) is 4. The zero-order valence-electron chi connectivity index (χ0n) is 11.3. The van der Waals surface area contributed by atoms with Crippen LogP contribution in [0.3, 0.4) is 0 Å². The molecule has 1 rings (SSSR count). The number of benzene rings is 1. The quantitative estimate of drug-likeness (QED) is 0.874. The second-order valence-electron chi connectivity index (χ2n) is 5.12. The number of aliphatic hydroxyl groups excluding tert-OH is 1. The zero-order valence-corrected chi connectivity index (χ0v) is 11.3. The lowest BCUT2D eigenvalue weighted by Crippen LogP contribution is -2.36. The summed E-state index contributed by atoms with van der Waals surface area (Å²) in [6.07, 6.45) is -0.587. The first-order chi connectivity index (χ1) is 8.85. The molecule has 0 aliphatic rings. The summed E-state index contributed by atoms with van der Waals surface area (Å²) in [5.74, 6) is 0. The largest absolute Gasteiger partial charge is 0.444 e. The molecule has 0 fully saturated rings. The average Bonchev–Trinajstić information content (AvgIpc) is 2.34. The molecule has 1 unspecified atom stereocenters. The predicted molar refractivity (Wildman–Crippen MR) is 70.4 cm³/mol. The highest BCUT2D eigenvalue weighted by molar-refractivity contribution is 5.68. The number of rotatable bonds is 3. The maximum atomic E-state index is 11.6. The Bertz CT molecular complexity index is 469. The van der Waals surface area contributed by atoms with Crippen LogP contribution in [-0.2, 0) is 4.74 Å². The summed E-state index contributed by atoms with van der Waals surface area (Å²) in [4.78, 5) is 11.6. The highest BCUT2D eigenvalue weighted by Crippen LogP contribution is 2.15. The summed E-state index contributed by atoms with van der Waals surface area (Å²) in [7, 11) is 0. The predicted octanol–water partition coefficient (Wildman–Crippen LogP) is 2.12. The van der Waals surface area contributed by atoms with Crippen molar-refractivity contribution in [2.75, 3.05) is 6.61 Å². The van der Waals surface area contributed by atoms with Crippen LogP contribution in [0.4, 0.5) is 4.79 Å². The molecule has 0 radical (unpaired) electrons. The molecule has 0 bridgehead atoms. The third-order valence-corrected chi connectivity index (χ3v) is 2.32. The Balaban J connectivity index is 2.72. The number of nitriles is 1. The SMILES string of the molecule is CC(C)(C)OC(=O)NC(CO)c1ccc(C#N)cc1. The van der Waals surface area contributed by atoms with Gasteiger partial charge in [-0.2, -0.15) is 5.26 Å². The molecular weight excluding hydrogens is 244 g/mol. The van der Waals surface area contributed by atoms with Gasteiger partial charge in [-0.15, -0.1) is 0 Å². The van der Waals surface area contributed by atoms with Gasteiger partial charge in [-0.05, 0) is 38.5 Å². The first-order valence-corrected chi connectivity index (χ1v) is 5.96. The van der Waals surface area contributed by atoms with E-state index < -0.39 is 17.7 Å². The smallest absolute Gasteiger partial charge is 0.408 e. The molecule has 2 N–H and O–H groups in total. The molecule has 102 valence electrons. The van der Waals surface area contributed by atoms with E-state index in [1.807, 2.05) is 6.07 Å². The summed E-state index contributed by atoms with van der Waals surface area (Å²) in [6.45, 7) is 5.05. The lowest BCUT2D eigenvalue weighted by molar-refractivity contribution is 0.0482. The minimum atomic E-state index is -0.589. The fourth-order valence-corrected chi connectivity index (χ4v) is 1.47. The first-order valence-electron chi connectivity index (χ1n) is 5.96. The summed E-state index contributed by atoms with van der Waals surface area (Å²) in [5, 5.41) is 20.6. The van der Waals surface area contributed by atoms with Crippen molar-refractivity contribution in [2.24, 2.45) is 0 Å². The van der Waals surface area contributed by atoms with Gasteiger partial charge < -0.3 is 15.2 Å². The molecule has 0 aliphatic heterocycles. The third kappa shape index (κ3) is 4.98. The van der Waals surface area contributed by atoms with E-state index in [-0.39, 0.29) is 6.61 Å². The van der Waals surface area contributed by atoms with Gasteiger partial charge in [0.15, 0.2) is 0 Å². The van der Waals surface area contributed by atoms with Crippen molar-refractivity contribution in [3.05, 3.63) is 35.4 Å². The van der Waals surface area contributed by atoms with Crippen molar-refractivity contribution in [3.8, 4) is 6.07 Å². The number of nitrogens with one attached hydrogen (secondary N) is 1. The van der Waals surface area contributed by atoms with Crippen LogP contribution in [-0.4, -0.2) is 23.4 Å². The number of hydrogen-bond donors (Lipinski definition) is 2. The van der Waals surface area contributed by atoms with Crippen LogP contribution < -0.4 is 5.32 Å². The van der Waals surface area contributed by atoms with Crippen LogP contribution in [0, 0.1) is 11.3 Å². The summed E-state index contributed by atoms with van der Waals surface area (Å²) >= 11 is 0. The van der Waals surface area contributed by atoms with Crippen LogP contribution in [0.15, 0.2) is 24.3 Å². The number of alkyl carbamates (subject to hydrolysis) is 1. The van der Waals surface area contributed by atoms with Crippen molar-refractivity contribution in [1.82, 2.24) is 5.32 Å². The Labute approximate surface area is 112 Å². The molecule has 0 spiro atoms. The van der Waals surface area contributed by atoms with E-state index >= 15 is 0 Å². The van der Waals surface area contributed by atoms with Crippen molar-refractivity contribution in [3.63, 3.8) is 0 Å². The van der Waals surface area contributed by atoms with Crippen LogP contribution in [0.1, 0.15) is 37.9 Å². The van der Waals surface area contributed by atoms with Crippen molar-refractivity contribution < 1.29 is 14.6 Å². The maximum Gasteiger partial charge on any atom is 0.408 e. The molecule has 0 aromatic heterocycles. The number of ether oxygens (including phenoxy) is 1. The van der Waals surface area contributed by atoms with Crippen LogP contribution in [0.2, 0.25) is 0 Å². The number of carbonyl (C=O) groups excluding carboxylic acids is 1. The fraction of sp³-hybridized carbons (Fsp3) is 0.429. The molecule has 5 nitrogen and oxygen atoms in total. The van der Waals surface area contributed by atoms with Gasteiger partial charge in [0.25, 0.3) is 0 Å². The van der Waals surface area contributed by atoms with Crippen molar-refractivity contribution in [2.45, 2.75) is 32.4 Å². The average molecular weight is 262 g/mol. The van der Waals surface area contributed by atoms with Crippen LogP contribution in [0.5, 0.6) is 0 Å². The lowest BCUT2D eigenvalue weighted by atomic mass is 10.1. The normalized spacial score (nSPS) is 12.4. The zero-order chi connectivity index (χ0) is 14.5. The minimum Gasteiger partial charge on any atom is -0.444 e. The molecule has 1 aromatic rings. The Morgan fingerprint density at radius 1 is 1.42 bits per heavy atom. The summed E-state index contributed by atoms with van der Waals surface area (Å²) < 4.78 is 5.12. The van der Waals surface area contributed by atoms with E-state index in [1.165, 1.54) is 0 Å². The molecular formula is C14H18N2O3. The Morgan fingerprint density at radius 2 is 2.00 bits per heavy atom. The number of aliphatic hydroxyl groups is 1. The maximum absolute atomic E-state index is 11.6. The molecule has 0 heterocycles. The molecule has 1 atom stereocenters. The Kier molecular flexibility index (Phi) is 4.90. The van der Waals surface area contributed by atoms with E-state index in [0.717, 1.165) is 0 Å². The number of amides is 1. The lowest BCUT2D eigenvalue weighted by Gasteiger charge is -2.23. The molecule has 0 aliphatic carbocycles. The monoisotopic (exact) mass is 262 g/mol. The number of nitrogens with zero attached hydrogens (tertiary/aromatic N) is 1. The summed E-state index contributed by atoms with van der Waals surface area (Å²) in [5.41, 5.74) is 0.652. The first kappa shape index (κ1) is 15.0. The molecule has 1 aromatic carbocycles. The second kappa shape index (κ2) is 6.21. The van der Waals surface area contributed by atoms with E-state index in [1.54, 1.807) is 45.0 Å². The third-order valence-electron chi connectivity index (χ3n) is 2.32. The van der Waals surface area contributed by atoms with E-state index in [9.17, 15) is 9.90 Å². The molecule has 19 heavy (non-hydrogen) atoms. The number of carbonyl (C=O) groups is 1. The fourth-order valence-electron chi connectivity index (χ4n) is 1.47. The molecule has 0 saturated carbocycles. The van der Waals surface area contributed by atoms with Gasteiger partial charge in [0.1, 0.15) is 5.60 Å². The Hall–Kier alpha value is -2.06. The van der Waals surface area contributed by atoms with Gasteiger partial charge in [0.2, 0.25) is 0 Å².